The van der Waals surface area contributed by atoms with Crippen LogP contribution in [0.15, 0.2) is 51.7 Å². The van der Waals surface area contributed by atoms with Gasteiger partial charge in [-0.1, -0.05) is 19.4 Å². The average Bonchev–Trinajstić information content (AvgIpc) is 3.35. The van der Waals surface area contributed by atoms with Gasteiger partial charge in [-0.3, -0.25) is 4.79 Å². The van der Waals surface area contributed by atoms with Crippen LogP contribution in [0.1, 0.15) is 31.4 Å². The average molecular weight is 496 g/mol. The predicted molar refractivity (Wildman–Crippen MR) is 130 cm³/mol. The summed E-state index contributed by atoms with van der Waals surface area (Å²) in [6.07, 6.45) is 2.18. The van der Waals surface area contributed by atoms with Crippen molar-refractivity contribution in [3.05, 3.63) is 70.2 Å². The summed E-state index contributed by atoms with van der Waals surface area (Å²) in [5.41, 5.74) is 0.618. The van der Waals surface area contributed by atoms with Gasteiger partial charge in [-0.25, -0.2) is 4.39 Å². The summed E-state index contributed by atoms with van der Waals surface area (Å²) in [5, 5.41) is 19.3. The first kappa shape index (κ1) is 24.8. The van der Waals surface area contributed by atoms with Gasteiger partial charge < -0.3 is 28.7 Å². The van der Waals surface area contributed by atoms with Gasteiger partial charge in [0.2, 0.25) is 0 Å². The molecule has 0 radical (unpaired) electrons. The minimum atomic E-state index is -0.578. The molecule has 2 N–H and O–H groups in total. The zero-order valence-corrected chi connectivity index (χ0v) is 20.1. The fourth-order valence-corrected chi connectivity index (χ4v) is 3.83. The number of pyridine rings is 1. The van der Waals surface area contributed by atoms with Gasteiger partial charge in [0.25, 0.3) is 17.3 Å². The molecule has 0 aliphatic carbocycles. The lowest BCUT2D eigenvalue weighted by molar-refractivity contribution is 0.264. The number of halogens is 1. The molecule has 0 saturated carbocycles. The van der Waals surface area contributed by atoms with Gasteiger partial charge in [-0.2, -0.15) is 0 Å². The van der Waals surface area contributed by atoms with Crippen LogP contribution in [-0.2, 0) is 13.0 Å². The Labute approximate surface area is 206 Å². The van der Waals surface area contributed by atoms with Gasteiger partial charge in [0.05, 0.1) is 25.3 Å². The van der Waals surface area contributed by atoms with E-state index in [0.29, 0.717) is 40.5 Å². The number of hydrogen-bond acceptors (Lipinski definition) is 8. The quantitative estimate of drug-likeness (QED) is 0.320. The molecule has 0 fully saturated rings. The van der Waals surface area contributed by atoms with Crippen molar-refractivity contribution < 1.29 is 28.1 Å². The van der Waals surface area contributed by atoms with Gasteiger partial charge in [0, 0.05) is 5.69 Å². The van der Waals surface area contributed by atoms with Crippen molar-refractivity contribution in [2.75, 3.05) is 14.2 Å². The number of aryl methyl sites for hydroxylation is 1. The van der Waals surface area contributed by atoms with Crippen LogP contribution in [0.5, 0.6) is 23.0 Å². The Morgan fingerprint density at radius 2 is 1.69 bits per heavy atom. The number of aromatic amines is 1. The Morgan fingerprint density at radius 1 is 1.00 bits per heavy atom. The largest absolute Gasteiger partial charge is 0.506 e. The normalized spacial score (nSPS) is 10.9. The highest BCUT2D eigenvalue weighted by Crippen LogP contribution is 2.46. The predicted octanol–water partition coefficient (Wildman–Crippen LogP) is 4.88. The zero-order chi connectivity index (χ0) is 25.7. The third-order valence-corrected chi connectivity index (χ3v) is 5.58. The van der Waals surface area contributed by atoms with E-state index < -0.39 is 5.56 Å². The first-order valence-corrected chi connectivity index (χ1v) is 11.4. The molecule has 2 aromatic carbocycles. The van der Waals surface area contributed by atoms with Crippen LogP contribution < -0.4 is 19.8 Å². The lowest BCUT2D eigenvalue weighted by Gasteiger charge is -2.18. The van der Waals surface area contributed by atoms with Gasteiger partial charge in [-0.05, 0) is 49.2 Å². The number of methoxy groups -OCH3 is 2. The van der Waals surface area contributed by atoms with Crippen molar-refractivity contribution in [2.45, 2.75) is 32.8 Å². The Kier molecular flexibility index (Phi) is 7.53. The number of ether oxygens (including phenoxy) is 3. The molecular weight excluding hydrogens is 469 g/mol. The highest BCUT2D eigenvalue weighted by atomic mass is 19.1. The molecule has 0 aliphatic rings. The Balaban J connectivity index is 1.78. The minimum Gasteiger partial charge on any atom is -0.506 e. The minimum absolute atomic E-state index is 0.0691. The number of H-pyrrole nitrogens is 1. The van der Waals surface area contributed by atoms with Crippen LogP contribution >= 0.6 is 0 Å². The molecule has 4 rings (SSSR count). The van der Waals surface area contributed by atoms with E-state index in [4.69, 9.17) is 18.6 Å². The van der Waals surface area contributed by atoms with Crippen molar-refractivity contribution >= 4 is 0 Å². The number of nitrogens with zero attached hydrogens (tertiary/aromatic N) is 2. The number of unbranched alkanes of at least 4 members (excludes halogenated alkanes) is 1. The van der Waals surface area contributed by atoms with Crippen molar-refractivity contribution in [3.63, 3.8) is 0 Å². The lowest BCUT2D eigenvalue weighted by atomic mass is 9.96. The number of aromatic hydroxyl groups is 1. The first-order chi connectivity index (χ1) is 17.5. The molecule has 0 unspecified atom stereocenters. The van der Waals surface area contributed by atoms with Crippen LogP contribution in [0, 0.1) is 5.82 Å². The van der Waals surface area contributed by atoms with E-state index in [0.717, 1.165) is 12.8 Å². The standard InChI is InChI=1S/C26H26FN3O6/c1-4-5-7-17-21(22-18(33-2)8-6-9-19(22)34-3)24(31)23(25(32)28-17)26-30-29-20(36-26)14-35-16-12-10-15(27)11-13-16/h6,8-13H,4-5,7,14H2,1-3H3,(H2,28,31,32). The highest BCUT2D eigenvalue weighted by Gasteiger charge is 2.27. The molecular formula is C26H26FN3O6. The van der Waals surface area contributed by atoms with Crippen LogP contribution in [0.3, 0.4) is 0 Å². The maximum Gasteiger partial charge on any atom is 0.264 e. The molecule has 0 bridgehead atoms. The van der Waals surface area contributed by atoms with Gasteiger partial charge in [-0.15, -0.1) is 10.2 Å². The molecule has 2 aromatic heterocycles. The SMILES string of the molecule is CCCCc1[nH]c(=O)c(-c2nnc(COc3ccc(F)cc3)o2)c(O)c1-c1c(OC)cccc1OC. The lowest BCUT2D eigenvalue weighted by Crippen LogP contribution is -2.14. The van der Waals surface area contributed by atoms with E-state index in [9.17, 15) is 14.3 Å². The summed E-state index contributed by atoms with van der Waals surface area (Å²) in [4.78, 5) is 15.9. The molecule has 4 aromatic rings. The number of hydrogen-bond donors (Lipinski definition) is 2. The van der Waals surface area contributed by atoms with E-state index in [1.807, 2.05) is 6.92 Å². The summed E-state index contributed by atoms with van der Waals surface area (Å²) in [6.45, 7) is 1.92. The molecule has 36 heavy (non-hydrogen) atoms. The molecule has 0 atom stereocenters. The van der Waals surface area contributed by atoms with Crippen molar-refractivity contribution in [3.8, 4) is 45.6 Å². The monoisotopic (exact) mass is 495 g/mol. The maximum atomic E-state index is 13.1. The Morgan fingerprint density at radius 3 is 2.33 bits per heavy atom. The maximum absolute atomic E-state index is 13.1. The van der Waals surface area contributed by atoms with Gasteiger partial charge >= 0.3 is 0 Å². The fourth-order valence-electron chi connectivity index (χ4n) is 3.83. The molecule has 2 heterocycles. The highest BCUT2D eigenvalue weighted by molar-refractivity contribution is 5.86. The molecule has 0 spiro atoms. The van der Waals surface area contributed by atoms with Crippen LogP contribution in [0.2, 0.25) is 0 Å². The van der Waals surface area contributed by atoms with Gasteiger partial charge in [0.15, 0.2) is 6.61 Å². The Hall–Kier alpha value is -4.34. The summed E-state index contributed by atoms with van der Waals surface area (Å²) >= 11 is 0. The molecule has 188 valence electrons. The van der Waals surface area contributed by atoms with Gasteiger partial charge in [0.1, 0.15) is 34.4 Å². The molecule has 0 amide bonds. The van der Waals surface area contributed by atoms with E-state index in [-0.39, 0.29) is 35.5 Å². The molecule has 0 aliphatic heterocycles. The topological polar surface area (TPSA) is 120 Å². The second-order valence-electron chi connectivity index (χ2n) is 7.92. The fraction of sp³-hybridized carbons (Fsp3) is 0.269. The van der Waals surface area contributed by atoms with Crippen molar-refractivity contribution in [2.24, 2.45) is 0 Å². The van der Waals surface area contributed by atoms with Crippen LogP contribution in [0.4, 0.5) is 4.39 Å². The summed E-state index contributed by atoms with van der Waals surface area (Å²) < 4.78 is 35.4. The third-order valence-electron chi connectivity index (χ3n) is 5.58. The second-order valence-corrected chi connectivity index (χ2v) is 7.92. The Bertz CT molecular complexity index is 1380. The molecule has 9 nitrogen and oxygen atoms in total. The molecule has 0 saturated heterocycles. The zero-order valence-electron chi connectivity index (χ0n) is 20.1. The molecule has 10 heteroatoms. The third kappa shape index (κ3) is 5.02. The van der Waals surface area contributed by atoms with E-state index >= 15 is 0 Å². The number of rotatable bonds is 10. The van der Waals surface area contributed by atoms with Crippen LogP contribution in [-0.4, -0.2) is 34.5 Å². The van der Waals surface area contributed by atoms with Crippen LogP contribution in [0.25, 0.3) is 22.6 Å². The van der Waals surface area contributed by atoms with E-state index in [2.05, 4.69) is 15.2 Å². The summed E-state index contributed by atoms with van der Waals surface area (Å²) in [7, 11) is 3.03. The summed E-state index contributed by atoms with van der Waals surface area (Å²) in [5.74, 6) is 0.494. The summed E-state index contributed by atoms with van der Waals surface area (Å²) in [6, 6.07) is 10.7. The van der Waals surface area contributed by atoms with Crippen molar-refractivity contribution in [1.82, 2.24) is 15.2 Å². The first-order valence-electron chi connectivity index (χ1n) is 11.4. The van der Waals surface area contributed by atoms with E-state index in [1.165, 1.54) is 38.5 Å². The number of nitrogens with one attached hydrogen (secondary N) is 1. The van der Waals surface area contributed by atoms with Crippen molar-refractivity contribution in [1.29, 1.82) is 0 Å². The smallest absolute Gasteiger partial charge is 0.264 e. The number of aromatic nitrogens is 3. The number of benzene rings is 2. The van der Waals surface area contributed by atoms with E-state index in [1.54, 1.807) is 18.2 Å². The second kappa shape index (κ2) is 10.9.